The van der Waals surface area contributed by atoms with Crippen molar-refractivity contribution in [1.82, 2.24) is 9.21 Å². The molecule has 0 spiro atoms. The summed E-state index contributed by atoms with van der Waals surface area (Å²) in [5.74, 6) is -0.890. The zero-order valence-corrected chi connectivity index (χ0v) is 20.3. The Morgan fingerprint density at radius 1 is 1.12 bits per heavy atom. The van der Waals surface area contributed by atoms with E-state index in [0.29, 0.717) is 41.6 Å². The van der Waals surface area contributed by atoms with Crippen LogP contribution in [0.15, 0.2) is 48.5 Å². The second-order valence-corrected chi connectivity index (χ2v) is 10.6. The van der Waals surface area contributed by atoms with Crippen LogP contribution in [0.1, 0.15) is 55.7 Å². The van der Waals surface area contributed by atoms with Crippen molar-refractivity contribution in [2.45, 2.75) is 56.5 Å². The Kier molecular flexibility index (Phi) is 7.40. The summed E-state index contributed by atoms with van der Waals surface area (Å²) >= 11 is 13.9. The first-order valence-corrected chi connectivity index (χ1v) is 12.6. The van der Waals surface area contributed by atoms with Gasteiger partial charge in [0, 0.05) is 47.1 Å². The molecule has 4 rings (SSSR count). The van der Waals surface area contributed by atoms with E-state index in [0.717, 1.165) is 17.5 Å². The average Bonchev–Trinajstić information content (AvgIpc) is 3.10. The Morgan fingerprint density at radius 3 is 2.53 bits per heavy atom. The molecule has 0 saturated carbocycles. The summed E-state index contributed by atoms with van der Waals surface area (Å²) in [7, 11) is 0. The van der Waals surface area contributed by atoms with Crippen LogP contribution in [0.3, 0.4) is 0 Å². The number of carbonyl (C=O) groups excluding carboxylic acids is 1. The van der Waals surface area contributed by atoms with Crippen LogP contribution in [0, 0.1) is 0 Å². The third-order valence-corrected chi connectivity index (χ3v) is 8.10. The van der Waals surface area contributed by atoms with Crippen LogP contribution in [0.4, 0.5) is 0 Å². The van der Waals surface area contributed by atoms with Gasteiger partial charge in [-0.2, -0.15) is 4.31 Å². The van der Waals surface area contributed by atoms with Crippen LogP contribution in [-0.2, 0) is 4.79 Å². The second kappa shape index (κ2) is 9.92. The fourth-order valence-corrected chi connectivity index (χ4v) is 6.22. The lowest BCUT2D eigenvalue weighted by Crippen LogP contribution is -2.48. The molecule has 2 N–H and O–H groups in total. The van der Waals surface area contributed by atoms with Gasteiger partial charge in [-0.25, -0.2) is 0 Å². The monoisotopic (exact) mass is 494 g/mol. The summed E-state index contributed by atoms with van der Waals surface area (Å²) < 4.78 is 1.61. The summed E-state index contributed by atoms with van der Waals surface area (Å²) in [6.45, 7) is 2.52. The molecule has 2 saturated heterocycles. The molecule has 32 heavy (non-hydrogen) atoms. The van der Waals surface area contributed by atoms with Gasteiger partial charge in [-0.05, 0) is 55.2 Å². The third-order valence-electron chi connectivity index (χ3n) is 6.44. The maximum Gasteiger partial charge on any atom is 0.235 e. The van der Waals surface area contributed by atoms with E-state index >= 15 is 0 Å². The lowest BCUT2D eigenvalue weighted by molar-refractivity contribution is -0.223. The van der Waals surface area contributed by atoms with E-state index in [1.165, 1.54) is 11.9 Å². The molecule has 172 valence electrons. The largest absolute Gasteiger partial charge is 0.353 e. The van der Waals surface area contributed by atoms with Gasteiger partial charge in [0.2, 0.25) is 11.8 Å². The van der Waals surface area contributed by atoms with Crippen LogP contribution in [0.2, 0.25) is 10.0 Å². The van der Waals surface area contributed by atoms with Gasteiger partial charge < -0.3 is 15.1 Å². The van der Waals surface area contributed by atoms with Gasteiger partial charge in [0.1, 0.15) is 0 Å². The Bertz CT molecular complexity index is 957. The molecule has 3 atom stereocenters. The predicted octanol–water partition coefficient (Wildman–Crippen LogP) is 5.21. The Morgan fingerprint density at radius 2 is 1.88 bits per heavy atom. The summed E-state index contributed by atoms with van der Waals surface area (Å²) in [5.41, 5.74) is 2.15. The van der Waals surface area contributed by atoms with Gasteiger partial charge in [-0.15, -0.1) is 0 Å². The summed E-state index contributed by atoms with van der Waals surface area (Å²) in [6.07, 6.45) is 2.16. The number of aliphatic hydroxyl groups is 2. The van der Waals surface area contributed by atoms with E-state index in [-0.39, 0.29) is 23.9 Å². The van der Waals surface area contributed by atoms with Crippen LogP contribution in [-0.4, -0.2) is 49.6 Å². The van der Waals surface area contributed by atoms with E-state index in [2.05, 4.69) is 6.07 Å². The quantitative estimate of drug-likeness (QED) is 0.426. The molecular weight excluding hydrogens is 467 g/mol. The number of piperidine rings is 1. The van der Waals surface area contributed by atoms with Gasteiger partial charge in [0.25, 0.3) is 0 Å². The van der Waals surface area contributed by atoms with Gasteiger partial charge in [-0.3, -0.25) is 4.79 Å². The molecule has 2 aliphatic rings. The minimum absolute atomic E-state index is 0.0813. The molecule has 2 aromatic carbocycles. The number of likely N-dealkylation sites (tertiary alicyclic amines) is 1. The average molecular weight is 495 g/mol. The molecule has 0 unspecified atom stereocenters. The number of hydrogen-bond acceptors (Lipinski definition) is 5. The summed E-state index contributed by atoms with van der Waals surface area (Å²) in [5, 5.41) is 21.7. The molecule has 2 aromatic rings. The SMILES string of the molecule is C[C@@H](CCN1SCCC1(O)O)N1C(=O)CC[C@H](c2cccc(Cl)c2)[C@H]1c1ccc(Cl)cc1. The van der Waals surface area contributed by atoms with Crippen molar-refractivity contribution in [3.63, 3.8) is 0 Å². The van der Waals surface area contributed by atoms with Crippen molar-refractivity contribution in [1.29, 1.82) is 0 Å². The topological polar surface area (TPSA) is 64.0 Å². The van der Waals surface area contributed by atoms with Crippen molar-refractivity contribution in [2.75, 3.05) is 12.3 Å². The molecular formula is C24H28Cl2N2O3S. The van der Waals surface area contributed by atoms with Crippen LogP contribution in [0.25, 0.3) is 0 Å². The minimum Gasteiger partial charge on any atom is -0.353 e. The highest BCUT2D eigenvalue weighted by Gasteiger charge is 2.42. The normalized spacial score (nSPS) is 24.7. The molecule has 0 radical (unpaired) electrons. The second-order valence-electron chi connectivity index (χ2n) is 8.59. The minimum atomic E-state index is -1.78. The number of rotatable bonds is 6. The van der Waals surface area contributed by atoms with Crippen LogP contribution < -0.4 is 0 Å². The maximum atomic E-state index is 13.2. The first-order valence-electron chi connectivity index (χ1n) is 10.9. The highest BCUT2D eigenvalue weighted by molar-refractivity contribution is 7.97. The number of hydrogen-bond donors (Lipinski definition) is 2. The smallest absolute Gasteiger partial charge is 0.235 e. The molecule has 8 heteroatoms. The highest BCUT2D eigenvalue weighted by atomic mass is 35.5. The van der Waals surface area contributed by atoms with Gasteiger partial charge >= 0.3 is 0 Å². The lowest BCUT2D eigenvalue weighted by Gasteiger charge is -2.45. The van der Waals surface area contributed by atoms with E-state index in [1.54, 1.807) is 4.31 Å². The summed E-state index contributed by atoms with van der Waals surface area (Å²) in [6, 6.07) is 15.3. The number of nitrogens with zero attached hydrogens (tertiary/aromatic N) is 2. The van der Waals surface area contributed by atoms with Crippen molar-refractivity contribution < 1.29 is 15.0 Å². The fraction of sp³-hybridized carbons (Fsp3) is 0.458. The zero-order valence-electron chi connectivity index (χ0n) is 18.0. The van der Waals surface area contributed by atoms with Crippen molar-refractivity contribution in [3.05, 3.63) is 69.7 Å². The fourth-order valence-electron chi connectivity index (χ4n) is 4.78. The molecule has 5 nitrogen and oxygen atoms in total. The number of amides is 1. The highest BCUT2D eigenvalue weighted by Crippen LogP contribution is 2.45. The zero-order chi connectivity index (χ0) is 22.9. The molecule has 2 heterocycles. The van der Waals surface area contributed by atoms with E-state index in [4.69, 9.17) is 23.2 Å². The van der Waals surface area contributed by atoms with Crippen molar-refractivity contribution in [2.24, 2.45) is 0 Å². The number of carbonyl (C=O) groups is 1. The maximum absolute atomic E-state index is 13.2. The Hall–Kier alpha value is -1.28. The Labute approximate surface area is 203 Å². The van der Waals surface area contributed by atoms with E-state index in [1.807, 2.05) is 54.3 Å². The van der Waals surface area contributed by atoms with Crippen molar-refractivity contribution in [3.8, 4) is 0 Å². The Balaban J connectivity index is 1.64. The molecule has 1 amide bonds. The molecule has 0 aromatic heterocycles. The van der Waals surface area contributed by atoms with Crippen LogP contribution >= 0.6 is 35.1 Å². The van der Waals surface area contributed by atoms with E-state index in [9.17, 15) is 15.0 Å². The van der Waals surface area contributed by atoms with Crippen LogP contribution in [0.5, 0.6) is 0 Å². The number of benzene rings is 2. The first kappa shape index (κ1) is 23.9. The van der Waals surface area contributed by atoms with Gasteiger partial charge in [-0.1, -0.05) is 59.4 Å². The van der Waals surface area contributed by atoms with Gasteiger partial charge in [0.05, 0.1) is 6.04 Å². The predicted molar refractivity (Wildman–Crippen MR) is 129 cm³/mol. The molecule has 0 aliphatic carbocycles. The molecule has 2 fully saturated rings. The van der Waals surface area contributed by atoms with E-state index < -0.39 is 5.91 Å². The first-order chi connectivity index (χ1) is 15.3. The number of halogens is 2. The molecule has 2 aliphatic heterocycles. The lowest BCUT2D eigenvalue weighted by atomic mass is 9.79. The third kappa shape index (κ3) is 5.11. The van der Waals surface area contributed by atoms with Gasteiger partial charge in [0.15, 0.2) is 0 Å². The standard InChI is InChI=1S/C24H28Cl2N2O3S/c1-16(11-13-27-24(30,31)12-14-32-27)28-22(29)10-9-21(18-3-2-4-20(26)15-18)23(28)17-5-7-19(25)8-6-17/h2-8,15-16,21,23,30-31H,9-14H2,1H3/t16-,21+,23+/m0/s1. The van der Waals surface area contributed by atoms with Crippen molar-refractivity contribution >= 4 is 41.1 Å². The molecule has 0 bridgehead atoms. The summed E-state index contributed by atoms with van der Waals surface area (Å²) in [4.78, 5) is 15.2.